The highest BCUT2D eigenvalue weighted by molar-refractivity contribution is 9.10. The first-order valence-corrected chi connectivity index (χ1v) is 7.11. The van der Waals surface area contributed by atoms with E-state index in [1.165, 1.54) is 6.92 Å². The van der Waals surface area contributed by atoms with Gasteiger partial charge in [-0.2, -0.15) is 0 Å². The summed E-state index contributed by atoms with van der Waals surface area (Å²) in [5.74, 6) is -0.0416. The number of hydrogen-bond donors (Lipinski definition) is 2. The summed E-state index contributed by atoms with van der Waals surface area (Å²) in [6, 6.07) is 12.0. The van der Waals surface area contributed by atoms with Crippen molar-refractivity contribution in [2.45, 2.75) is 13.0 Å². The summed E-state index contributed by atoms with van der Waals surface area (Å²) in [6.45, 7) is 2.04. The minimum absolute atomic E-state index is 0.00352. The summed E-state index contributed by atoms with van der Waals surface area (Å²) in [5.41, 5.74) is 2.01. The van der Waals surface area contributed by atoms with Gasteiger partial charge in [0.2, 0.25) is 5.91 Å². The van der Waals surface area contributed by atoms with E-state index in [0.717, 1.165) is 15.7 Å². The van der Waals surface area contributed by atoms with E-state index < -0.39 is 0 Å². The van der Waals surface area contributed by atoms with Gasteiger partial charge in [0.05, 0.1) is 17.9 Å². The minimum Gasteiger partial charge on any atom is -0.375 e. The Labute approximate surface area is 126 Å². The summed E-state index contributed by atoms with van der Waals surface area (Å²) in [7, 11) is 0. The van der Waals surface area contributed by atoms with Crippen LogP contribution >= 0.6 is 15.9 Å². The quantitative estimate of drug-likeness (QED) is 0.883. The Kier molecular flexibility index (Phi) is 5.12. The molecule has 0 fully saturated rings. The van der Waals surface area contributed by atoms with Gasteiger partial charge < -0.3 is 10.6 Å². The molecule has 0 spiro atoms. The third kappa shape index (κ3) is 4.35. The fourth-order valence-corrected chi connectivity index (χ4v) is 2.24. The second-order valence-electron chi connectivity index (χ2n) is 4.44. The fourth-order valence-electron chi connectivity index (χ4n) is 1.88. The average Bonchev–Trinajstić information content (AvgIpc) is 2.44. The number of aromatic nitrogens is 1. The summed E-state index contributed by atoms with van der Waals surface area (Å²) in [5, 5.41) is 6.23. The van der Waals surface area contributed by atoms with Crippen molar-refractivity contribution in [2.75, 3.05) is 11.9 Å². The average molecular weight is 334 g/mol. The number of nitrogens with one attached hydrogen (secondary N) is 2. The molecule has 0 unspecified atom stereocenters. The Bertz CT molecular complexity index is 574. The van der Waals surface area contributed by atoms with E-state index >= 15 is 0 Å². The summed E-state index contributed by atoms with van der Waals surface area (Å²) in [4.78, 5) is 15.3. The lowest BCUT2D eigenvalue weighted by molar-refractivity contribution is -0.119. The number of amides is 1. The smallest absolute Gasteiger partial charge is 0.216 e. The third-order valence-electron chi connectivity index (χ3n) is 2.80. The summed E-state index contributed by atoms with van der Waals surface area (Å²) >= 11 is 3.40. The first-order chi connectivity index (χ1) is 9.65. The van der Waals surface area contributed by atoms with E-state index in [2.05, 4.69) is 31.5 Å². The first kappa shape index (κ1) is 14.5. The summed E-state index contributed by atoms with van der Waals surface area (Å²) in [6.07, 6.45) is 3.49. The monoisotopic (exact) mass is 333 g/mol. The number of pyridine rings is 1. The van der Waals surface area contributed by atoms with Crippen molar-refractivity contribution >= 4 is 27.5 Å². The molecule has 1 heterocycles. The van der Waals surface area contributed by atoms with Crippen molar-refractivity contribution in [1.29, 1.82) is 0 Å². The Morgan fingerprint density at radius 3 is 2.70 bits per heavy atom. The molecule has 0 radical (unpaired) electrons. The Morgan fingerprint density at radius 2 is 2.05 bits per heavy atom. The van der Waals surface area contributed by atoms with Crippen LogP contribution in [0.25, 0.3) is 0 Å². The van der Waals surface area contributed by atoms with Crippen LogP contribution in [0.1, 0.15) is 18.5 Å². The molecule has 5 heteroatoms. The molecule has 1 aromatic carbocycles. The lowest BCUT2D eigenvalue weighted by Gasteiger charge is -2.20. The van der Waals surface area contributed by atoms with Crippen LogP contribution in [0.4, 0.5) is 5.69 Å². The van der Waals surface area contributed by atoms with Crippen LogP contribution in [-0.2, 0) is 4.79 Å². The molecule has 0 saturated carbocycles. The van der Waals surface area contributed by atoms with E-state index in [9.17, 15) is 4.79 Å². The van der Waals surface area contributed by atoms with Crippen LogP contribution in [0.5, 0.6) is 0 Å². The molecule has 104 valence electrons. The third-order valence-corrected chi connectivity index (χ3v) is 3.24. The van der Waals surface area contributed by atoms with Crippen LogP contribution in [0.15, 0.2) is 53.3 Å². The molecular formula is C15H16BrN3O. The SMILES string of the molecule is CC(=O)NC[C@@H](Nc1cncc(Br)c1)c1ccccc1. The van der Waals surface area contributed by atoms with Crippen molar-refractivity contribution in [3.8, 4) is 0 Å². The van der Waals surface area contributed by atoms with Crippen LogP contribution < -0.4 is 10.6 Å². The Balaban J connectivity index is 2.16. The lowest BCUT2D eigenvalue weighted by Crippen LogP contribution is -2.29. The molecule has 0 bridgehead atoms. The van der Waals surface area contributed by atoms with Crippen LogP contribution in [0.2, 0.25) is 0 Å². The second kappa shape index (κ2) is 7.05. The molecule has 4 nitrogen and oxygen atoms in total. The normalized spacial score (nSPS) is 11.7. The maximum atomic E-state index is 11.1. The standard InChI is InChI=1S/C15H16BrN3O/c1-11(20)18-10-15(12-5-3-2-4-6-12)19-14-7-13(16)8-17-9-14/h2-9,15,19H,10H2,1H3,(H,18,20)/t15-/m1/s1. The van der Waals surface area contributed by atoms with Gasteiger partial charge in [-0.3, -0.25) is 9.78 Å². The highest BCUT2D eigenvalue weighted by Gasteiger charge is 2.11. The lowest BCUT2D eigenvalue weighted by atomic mass is 10.1. The number of carbonyl (C=O) groups is 1. The molecule has 1 atom stereocenters. The maximum Gasteiger partial charge on any atom is 0.216 e. The molecule has 20 heavy (non-hydrogen) atoms. The summed E-state index contributed by atoms with van der Waals surface area (Å²) < 4.78 is 0.911. The molecule has 2 N–H and O–H groups in total. The number of nitrogens with zero attached hydrogens (tertiary/aromatic N) is 1. The predicted octanol–water partition coefficient (Wildman–Crippen LogP) is 3.13. The Morgan fingerprint density at radius 1 is 1.30 bits per heavy atom. The van der Waals surface area contributed by atoms with Crippen molar-refractivity contribution in [3.05, 3.63) is 58.8 Å². The van der Waals surface area contributed by atoms with Gasteiger partial charge in [-0.05, 0) is 27.6 Å². The van der Waals surface area contributed by atoms with E-state index in [-0.39, 0.29) is 11.9 Å². The number of anilines is 1. The topological polar surface area (TPSA) is 54.0 Å². The van der Waals surface area contributed by atoms with Gasteiger partial charge in [-0.1, -0.05) is 30.3 Å². The molecule has 2 rings (SSSR count). The van der Waals surface area contributed by atoms with Crippen molar-refractivity contribution in [2.24, 2.45) is 0 Å². The number of carbonyl (C=O) groups excluding carboxylic acids is 1. The molecule has 0 aliphatic carbocycles. The highest BCUT2D eigenvalue weighted by atomic mass is 79.9. The van der Waals surface area contributed by atoms with Crippen LogP contribution in [-0.4, -0.2) is 17.4 Å². The van der Waals surface area contributed by atoms with Gasteiger partial charge in [0, 0.05) is 24.1 Å². The number of rotatable bonds is 5. The van der Waals surface area contributed by atoms with Crippen LogP contribution in [0.3, 0.4) is 0 Å². The van der Waals surface area contributed by atoms with Gasteiger partial charge in [0.1, 0.15) is 0 Å². The molecular weight excluding hydrogens is 318 g/mol. The molecule has 1 amide bonds. The second-order valence-corrected chi connectivity index (χ2v) is 5.35. The first-order valence-electron chi connectivity index (χ1n) is 6.31. The number of benzene rings is 1. The zero-order valence-corrected chi connectivity index (χ0v) is 12.7. The molecule has 2 aromatic rings. The van der Waals surface area contributed by atoms with Crippen molar-refractivity contribution in [3.63, 3.8) is 0 Å². The predicted molar refractivity (Wildman–Crippen MR) is 83.4 cm³/mol. The van der Waals surface area contributed by atoms with Gasteiger partial charge >= 0.3 is 0 Å². The number of halogens is 1. The zero-order valence-electron chi connectivity index (χ0n) is 11.1. The molecule has 1 aromatic heterocycles. The highest BCUT2D eigenvalue weighted by Crippen LogP contribution is 2.20. The molecule has 0 aliphatic rings. The van der Waals surface area contributed by atoms with Gasteiger partial charge in [0.15, 0.2) is 0 Å². The fraction of sp³-hybridized carbons (Fsp3) is 0.200. The van der Waals surface area contributed by atoms with Crippen LogP contribution in [0, 0.1) is 0 Å². The molecule has 0 saturated heterocycles. The largest absolute Gasteiger partial charge is 0.375 e. The van der Waals surface area contributed by atoms with E-state index in [1.54, 1.807) is 12.4 Å². The van der Waals surface area contributed by atoms with Gasteiger partial charge in [-0.25, -0.2) is 0 Å². The maximum absolute atomic E-state index is 11.1. The number of hydrogen-bond acceptors (Lipinski definition) is 3. The zero-order chi connectivity index (χ0) is 14.4. The van der Waals surface area contributed by atoms with Crippen molar-refractivity contribution in [1.82, 2.24) is 10.3 Å². The van der Waals surface area contributed by atoms with Crippen molar-refractivity contribution < 1.29 is 4.79 Å². The van der Waals surface area contributed by atoms with E-state index in [4.69, 9.17) is 0 Å². The van der Waals surface area contributed by atoms with E-state index in [0.29, 0.717) is 6.54 Å². The molecule has 0 aliphatic heterocycles. The minimum atomic E-state index is -0.0416. The van der Waals surface area contributed by atoms with Gasteiger partial charge in [-0.15, -0.1) is 0 Å². The Hall–Kier alpha value is -1.88. The van der Waals surface area contributed by atoms with E-state index in [1.807, 2.05) is 36.4 Å². The van der Waals surface area contributed by atoms with Gasteiger partial charge in [0.25, 0.3) is 0 Å².